The first-order chi connectivity index (χ1) is 10.7. The highest BCUT2D eigenvalue weighted by Crippen LogP contribution is 2.28. The first-order valence-electron chi connectivity index (χ1n) is 8.60. The van der Waals surface area contributed by atoms with Crippen LogP contribution in [0.1, 0.15) is 52.9 Å². The number of rotatable bonds is 6. The fraction of sp³-hybridized carbons (Fsp3) is 0.938. The van der Waals surface area contributed by atoms with Gasteiger partial charge in [0.2, 0.25) is 0 Å². The molecule has 1 atom stereocenters. The number of hydrogen-bond acceptors (Lipinski definition) is 5. The van der Waals surface area contributed by atoms with Crippen LogP contribution in [0.5, 0.6) is 0 Å². The van der Waals surface area contributed by atoms with Crippen LogP contribution in [0.15, 0.2) is 0 Å². The molecule has 23 heavy (non-hydrogen) atoms. The maximum Gasteiger partial charge on any atom is 0.410 e. The molecule has 0 aromatic rings. The molecule has 134 valence electrons. The summed E-state index contributed by atoms with van der Waals surface area (Å²) in [4.78, 5) is 14.0. The van der Waals surface area contributed by atoms with Gasteiger partial charge in [-0.25, -0.2) is 13.2 Å². The quantitative estimate of drug-likeness (QED) is 0.744. The van der Waals surface area contributed by atoms with E-state index < -0.39 is 15.4 Å². The van der Waals surface area contributed by atoms with Gasteiger partial charge in [-0.3, -0.25) is 0 Å². The number of nitrogens with zero attached hydrogens (tertiary/aromatic N) is 1. The fourth-order valence-electron chi connectivity index (χ4n) is 2.87. The zero-order chi connectivity index (χ0) is 17.1. The molecule has 0 aromatic carbocycles. The molecule has 7 heteroatoms. The molecule has 1 N–H and O–H groups in total. The molecule has 1 unspecified atom stereocenters. The molecular weight excluding hydrogens is 316 g/mol. The van der Waals surface area contributed by atoms with Crippen molar-refractivity contribution < 1.29 is 17.9 Å². The molecule has 0 radical (unpaired) electrons. The van der Waals surface area contributed by atoms with Gasteiger partial charge in [0, 0.05) is 18.6 Å². The van der Waals surface area contributed by atoms with Crippen LogP contribution in [-0.4, -0.2) is 61.7 Å². The van der Waals surface area contributed by atoms with Gasteiger partial charge in [0.25, 0.3) is 0 Å². The molecule has 2 rings (SSSR count). The van der Waals surface area contributed by atoms with E-state index in [2.05, 4.69) is 5.32 Å². The highest BCUT2D eigenvalue weighted by molar-refractivity contribution is 7.91. The summed E-state index contributed by atoms with van der Waals surface area (Å²) >= 11 is 0. The summed E-state index contributed by atoms with van der Waals surface area (Å²) in [7, 11) is -2.87. The first-order valence-corrected chi connectivity index (χ1v) is 10.4. The minimum Gasteiger partial charge on any atom is -0.444 e. The monoisotopic (exact) mass is 346 g/mol. The predicted molar refractivity (Wildman–Crippen MR) is 90.3 cm³/mol. The van der Waals surface area contributed by atoms with Gasteiger partial charge in [-0.15, -0.1) is 0 Å². The van der Waals surface area contributed by atoms with E-state index in [0.717, 1.165) is 38.6 Å². The van der Waals surface area contributed by atoms with Crippen molar-refractivity contribution in [3.63, 3.8) is 0 Å². The highest BCUT2D eigenvalue weighted by Gasteiger charge is 2.34. The van der Waals surface area contributed by atoms with Crippen molar-refractivity contribution in [3.05, 3.63) is 0 Å². The molecule has 1 saturated heterocycles. The van der Waals surface area contributed by atoms with Crippen LogP contribution in [0.3, 0.4) is 0 Å². The third-order valence-electron chi connectivity index (χ3n) is 4.09. The van der Waals surface area contributed by atoms with Gasteiger partial charge in [0.1, 0.15) is 5.60 Å². The Bertz CT molecular complexity index is 509. The third kappa shape index (κ3) is 6.67. The lowest BCUT2D eigenvalue weighted by atomic mass is 10.2. The molecule has 2 fully saturated rings. The van der Waals surface area contributed by atoms with E-state index in [1.165, 1.54) is 0 Å². The first kappa shape index (κ1) is 18.5. The molecule has 1 heterocycles. The second-order valence-electron chi connectivity index (χ2n) is 7.67. The smallest absolute Gasteiger partial charge is 0.410 e. The van der Waals surface area contributed by atoms with Gasteiger partial charge >= 0.3 is 6.09 Å². The van der Waals surface area contributed by atoms with Crippen LogP contribution < -0.4 is 5.32 Å². The minimum atomic E-state index is -2.87. The van der Waals surface area contributed by atoms with Crippen LogP contribution in [0.25, 0.3) is 0 Å². The number of carbonyl (C=O) groups is 1. The Kier molecular flexibility index (Phi) is 5.94. The van der Waals surface area contributed by atoms with Gasteiger partial charge in [0.15, 0.2) is 9.84 Å². The van der Waals surface area contributed by atoms with E-state index >= 15 is 0 Å². The van der Waals surface area contributed by atoms with Gasteiger partial charge in [-0.05, 0) is 59.4 Å². The van der Waals surface area contributed by atoms with Gasteiger partial charge in [0.05, 0.1) is 11.5 Å². The number of sulfone groups is 1. The minimum absolute atomic E-state index is 0.0599. The summed E-state index contributed by atoms with van der Waals surface area (Å²) in [6.07, 6.45) is 4.33. The number of nitrogens with one attached hydrogen (secondary N) is 1. The van der Waals surface area contributed by atoms with Crippen LogP contribution >= 0.6 is 0 Å². The standard InChI is InChI=1S/C16H30N2O4S/c1-16(2,3)22-15(19)18(14-7-8-14)10-5-9-17-13-6-4-11-23(20,21)12-13/h13-14,17H,4-12H2,1-3H3. The molecule has 0 bridgehead atoms. The second kappa shape index (κ2) is 7.38. The number of amides is 1. The highest BCUT2D eigenvalue weighted by atomic mass is 32.2. The maximum atomic E-state index is 12.2. The lowest BCUT2D eigenvalue weighted by Crippen LogP contribution is -2.42. The zero-order valence-corrected chi connectivity index (χ0v) is 15.3. The van der Waals surface area contributed by atoms with E-state index in [-0.39, 0.29) is 17.9 Å². The Morgan fingerprint density at radius 3 is 2.52 bits per heavy atom. The number of ether oxygens (including phenoxy) is 1. The Morgan fingerprint density at radius 1 is 1.26 bits per heavy atom. The summed E-state index contributed by atoms with van der Waals surface area (Å²) in [6, 6.07) is 0.379. The van der Waals surface area contributed by atoms with E-state index in [1.807, 2.05) is 25.7 Å². The number of carbonyl (C=O) groups excluding carboxylic acids is 1. The second-order valence-corrected chi connectivity index (χ2v) is 9.89. The van der Waals surface area contributed by atoms with Crippen molar-refractivity contribution in [2.75, 3.05) is 24.6 Å². The summed E-state index contributed by atoms with van der Waals surface area (Å²) < 4.78 is 28.7. The Balaban J connectivity index is 1.71. The van der Waals surface area contributed by atoms with Crippen molar-refractivity contribution in [3.8, 4) is 0 Å². The van der Waals surface area contributed by atoms with Crippen molar-refractivity contribution in [1.82, 2.24) is 10.2 Å². The number of hydrogen-bond donors (Lipinski definition) is 1. The SMILES string of the molecule is CC(C)(C)OC(=O)N(CCCNC1CCCS(=O)(=O)C1)C1CC1. The Morgan fingerprint density at radius 2 is 1.96 bits per heavy atom. The van der Waals surface area contributed by atoms with Crippen LogP contribution in [0, 0.1) is 0 Å². The lowest BCUT2D eigenvalue weighted by Gasteiger charge is -2.28. The van der Waals surface area contributed by atoms with Crippen molar-refractivity contribution in [2.24, 2.45) is 0 Å². The molecule has 6 nitrogen and oxygen atoms in total. The van der Waals surface area contributed by atoms with Gasteiger partial charge in [-0.1, -0.05) is 0 Å². The molecule has 1 aliphatic heterocycles. The normalized spacial score (nSPS) is 24.2. The fourth-order valence-corrected chi connectivity index (χ4v) is 4.54. The van der Waals surface area contributed by atoms with Gasteiger partial charge in [-0.2, -0.15) is 0 Å². The van der Waals surface area contributed by atoms with Crippen LogP contribution in [0.2, 0.25) is 0 Å². The van der Waals surface area contributed by atoms with Crippen LogP contribution in [0.4, 0.5) is 4.79 Å². The Hall–Kier alpha value is -0.820. The lowest BCUT2D eigenvalue weighted by molar-refractivity contribution is 0.0232. The summed E-state index contributed by atoms with van der Waals surface area (Å²) in [5, 5.41) is 3.32. The predicted octanol–water partition coefficient (Wildman–Crippen LogP) is 1.94. The molecule has 0 spiro atoms. The molecule has 1 aliphatic carbocycles. The maximum absolute atomic E-state index is 12.2. The zero-order valence-electron chi connectivity index (χ0n) is 14.5. The summed E-state index contributed by atoms with van der Waals surface area (Å²) in [5.74, 6) is 0.560. The summed E-state index contributed by atoms with van der Waals surface area (Å²) in [5.41, 5.74) is -0.473. The molecule has 0 aromatic heterocycles. The van der Waals surface area contributed by atoms with Crippen molar-refractivity contribution in [1.29, 1.82) is 0 Å². The van der Waals surface area contributed by atoms with Crippen LogP contribution in [-0.2, 0) is 14.6 Å². The summed E-state index contributed by atoms with van der Waals surface area (Å²) in [6.45, 7) is 7.02. The van der Waals surface area contributed by atoms with E-state index in [9.17, 15) is 13.2 Å². The molecule has 2 aliphatic rings. The average molecular weight is 346 g/mol. The Labute approximate surface area is 139 Å². The van der Waals surface area contributed by atoms with Gasteiger partial charge < -0.3 is 15.0 Å². The van der Waals surface area contributed by atoms with Crippen molar-refractivity contribution >= 4 is 15.9 Å². The van der Waals surface area contributed by atoms with E-state index in [1.54, 1.807) is 0 Å². The average Bonchev–Trinajstić information content (AvgIpc) is 3.19. The van der Waals surface area contributed by atoms with Crippen molar-refractivity contribution in [2.45, 2.75) is 70.6 Å². The topological polar surface area (TPSA) is 75.7 Å². The van der Waals surface area contributed by atoms with E-state index in [0.29, 0.717) is 18.3 Å². The molecule has 1 saturated carbocycles. The molecule has 1 amide bonds. The van der Waals surface area contributed by atoms with E-state index in [4.69, 9.17) is 4.74 Å². The largest absolute Gasteiger partial charge is 0.444 e. The molecular formula is C16H30N2O4S. The third-order valence-corrected chi connectivity index (χ3v) is 5.91.